The van der Waals surface area contributed by atoms with Gasteiger partial charge in [-0.1, -0.05) is 31.0 Å². The Labute approximate surface area is 118 Å². The first-order chi connectivity index (χ1) is 9.58. The molecule has 2 unspecified atom stereocenters. The van der Waals surface area contributed by atoms with Gasteiger partial charge in [-0.05, 0) is 31.4 Å². The lowest BCUT2D eigenvalue weighted by Gasteiger charge is -2.29. The minimum absolute atomic E-state index is 0.287. The van der Waals surface area contributed by atoms with Crippen molar-refractivity contribution in [3.05, 3.63) is 29.8 Å². The fraction of sp³-hybridized carbons (Fsp3) is 0.467. The predicted molar refractivity (Wildman–Crippen MR) is 76.7 cm³/mol. The fourth-order valence-electron chi connectivity index (χ4n) is 2.64. The van der Waals surface area contributed by atoms with Crippen molar-refractivity contribution < 1.29 is 14.7 Å². The molecular formula is C15H20N2O3. The summed E-state index contributed by atoms with van der Waals surface area (Å²) in [5.41, 5.74) is 1.72. The van der Waals surface area contributed by atoms with Gasteiger partial charge in [-0.15, -0.1) is 0 Å². The Bertz CT molecular complexity index is 502. The largest absolute Gasteiger partial charge is 0.481 e. The molecule has 5 nitrogen and oxygen atoms in total. The first-order valence-electron chi connectivity index (χ1n) is 6.94. The van der Waals surface area contributed by atoms with Gasteiger partial charge in [0.05, 0.1) is 5.92 Å². The first-order valence-corrected chi connectivity index (χ1v) is 6.94. The summed E-state index contributed by atoms with van der Waals surface area (Å²) < 4.78 is 0. The highest BCUT2D eigenvalue weighted by molar-refractivity contribution is 5.90. The van der Waals surface area contributed by atoms with E-state index in [0.717, 1.165) is 30.5 Å². The van der Waals surface area contributed by atoms with Crippen molar-refractivity contribution in [2.75, 3.05) is 5.32 Å². The van der Waals surface area contributed by atoms with Crippen molar-refractivity contribution in [2.24, 2.45) is 5.92 Å². The Morgan fingerprint density at radius 2 is 1.90 bits per heavy atom. The maximum atomic E-state index is 12.0. The molecule has 0 aromatic heterocycles. The lowest BCUT2D eigenvalue weighted by atomic mass is 9.84. The third kappa shape index (κ3) is 3.50. The summed E-state index contributed by atoms with van der Waals surface area (Å²) in [6.07, 6.45) is 3.22. The minimum atomic E-state index is -0.828. The standard InChI is InChI=1S/C15H20N2O3/c1-10-6-2-4-8-12(10)16-15(20)17-13-9-5-3-7-11(13)14(18)19/h2,4,6,8,11,13H,3,5,7,9H2,1H3,(H,18,19)(H2,16,17,20). The van der Waals surface area contributed by atoms with E-state index < -0.39 is 11.9 Å². The van der Waals surface area contributed by atoms with E-state index in [1.807, 2.05) is 31.2 Å². The maximum absolute atomic E-state index is 12.0. The van der Waals surface area contributed by atoms with Crippen LogP contribution < -0.4 is 10.6 Å². The zero-order chi connectivity index (χ0) is 14.5. The van der Waals surface area contributed by atoms with Crippen LogP contribution in [-0.2, 0) is 4.79 Å². The molecule has 1 aliphatic carbocycles. The molecule has 2 rings (SSSR count). The number of hydrogen-bond donors (Lipinski definition) is 3. The summed E-state index contributed by atoms with van der Waals surface area (Å²) >= 11 is 0. The third-order valence-corrected chi connectivity index (χ3v) is 3.79. The number of para-hydroxylation sites is 1. The Hall–Kier alpha value is -2.04. The summed E-state index contributed by atoms with van der Waals surface area (Å²) in [7, 11) is 0. The van der Waals surface area contributed by atoms with Crippen LogP contribution in [0.1, 0.15) is 31.2 Å². The van der Waals surface area contributed by atoms with E-state index in [4.69, 9.17) is 0 Å². The van der Waals surface area contributed by atoms with Crippen molar-refractivity contribution in [3.63, 3.8) is 0 Å². The number of urea groups is 1. The molecule has 1 saturated carbocycles. The molecule has 0 spiro atoms. The number of anilines is 1. The smallest absolute Gasteiger partial charge is 0.319 e. The van der Waals surface area contributed by atoms with E-state index in [-0.39, 0.29) is 12.1 Å². The second kappa shape index (κ2) is 6.41. The number of carbonyl (C=O) groups is 2. The van der Waals surface area contributed by atoms with Gasteiger partial charge in [0.2, 0.25) is 0 Å². The molecule has 1 aromatic rings. The topological polar surface area (TPSA) is 78.4 Å². The average molecular weight is 276 g/mol. The number of benzene rings is 1. The van der Waals surface area contributed by atoms with Crippen LogP contribution in [0.4, 0.5) is 10.5 Å². The van der Waals surface area contributed by atoms with Crippen molar-refractivity contribution >= 4 is 17.7 Å². The number of carbonyl (C=O) groups excluding carboxylic acids is 1. The van der Waals surface area contributed by atoms with Gasteiger partial charge in [0.25, 0.3) is 0 Å². The Kier molecular flexibility index (Phi) is 4.61. The molecule has 2 amide bonds. The lowest BCUT2D eigenvalue weighted by Crippen LogP contribution is -2.46. The van der Waals surface area contributed by atoms with Gasteiger partial charge < -0.3 is 15.7 Å². The van der Waals surface area contributed by atoms with E-state index in [1.54, 1.807) is 0 Å². The summed E-state index contributed by atoms with van der Waals surface area (Å²) in [6.45, 7) is 1.91. The van der Waals surface area contributed by atoms with Gasteiger partial charge >= 0.3 is 12.0 Å². The number of aliphatic carboxylic acids is 1. The van der Waals surface area contributed by atoms with E-state index in [1.165, 1.54) is 0 Å². The van der Waals surface area contributed by atoms with Crippen LogP contribution in [0, 0.1) is 12.8 Å². The molecule has 0 heterocycles. The summed E-state index contributed by atoms with van der Waals surface area (Å²) in [6, 6.07) is 6.87. The second-order valence-corrected chi connectivity index (χ2v) is 5.25. The molecule has 1 aliphatic rings. The van der Waals surface area contributed by atoms with Crippen LogP contribution in [-0.4, -0.2) is 23.1 Å². The lowest BCUT2D eigenvalue weighted by molar-refractivity contribution is -0.143. The first kappa shape index (κ1) is 14.4. The Morgan fingerprint density at radius 3 is 2.60 bits per heavy atom. The van der Waals surface area contributed by atoms with Gasteiger partial charge in [-0.25, -0.2) is 4.79 Å². The van der Waals surface area contributed by atoms with Crippen molar-refractivity contribution in [2.45, 2.75) is 38.6 Å². The molecule has 0 radical (unpaired) electrons. The van der Waals surface area contributed by atoms with Crippen molar-refractivity contribution in [1.29, 1.82) is 0 Å². The second-order valence-electron chi connectivity index (χ2n) is 5.25. The number of hydrogen-bond acceptors (Lipinski definition) is 2. The molecule has 108 valence electrons. The summed E-state index contributed by atoms with van der Waals surface area (Å²) in [5.74, 6) is -1.31. The third-order valence-electron chi connectivity index (χ3n) is 3.79. The minimum Gasteiger partial charge on any atom is -0.481 e. The van der Waals surface area contributed by atoms with Gasteiger partial charge in [-0.2, -0.15) is 0 Å². The molecular weight excluding hydrogens is 256 g/mol. The average Bonchev–Trinajstić information content (AvgIpc) is 2.41. The predicted octanol–water partition coefficient (Wildman–Crippen LogP) is 2.76. The molecule has 1 aromatic carbocycles. The molecule has 0 aliphatic heterocycles. The number of amides is 2. The monoisotopic (exact) mass is 276 g/mol. The van der Waals surface area contributed by atoms with Crippen LogP contribution in [0.3, 0.4) is 0 Å². The Balaban J connectivity index is 1.96. The normalized spacial score (nSPS) is 22.1. The van der Waals surface area contributed by atoms with Gasteiger partial charge in [0.15, 0.2) is 0 Å². The van der Waals surface area contributed by atoms with Gasteiger partial charge in [-0.3, -0.25) is 4.79 Å². The maximum Gasteiger partial charge on any atom is 0.319 e. The zero-order valence-electron chi connectivity index (χ0n) is 11.6. The van der Waals surface area contributed by atoms with Crippen LogP contribution in [0.2, 0.25) is 0 Å². The van der Waals surface area contributed by atoms with E-state index >= 15 is 0 Å². The number of rotatable bonds is 3. The van der Waals surface area contributed by atoms with Crippen LogP contribution >= 0.6 is 0 Å². The number of carboxylic acids is 1. The molecule has 20 heavy (non-hydrogen) atoms. The molecule has 5 heteroatoms. The van der Waals surface area contributed by atoms with E-state index in [2.05, 4.69) is 10.6 Å². The van der Waals surface area contributed by atoms with E-state index in [0.29, 0.717) is 6.42 Å². The fourth-order valence-corrected chi connectivity index (χ4v) is 2.64. The highest BCUT2D eigenvalue weighted by Crippen LogP contribution is 2.24. The van der Waals surface area contributed by atoms with Crippen LogP contribution in [0.25, 0.3) is 0 Å². The summed E-state index contributed by atoms with van der Waals surface area (Å²) in [5, 5.41) is 14.8. The number of carboxylic acid groups (broad SMARTS) is 1. The quantitative estimate of drug-likeness (QED) is 0.794. The molecule has 0 saturated heterocycles. The molecule has 3 N–H and O–H groups in total. The number of aryl methyl sites for hydroxylation is 1. The molecule has 0 bridgehead atoms. The SMILES string of the molecule is Cc1ccccc1NC(=O)NC1CCCCC1C(=O)O. The van der Waals surface area contributed by atoms with Gasteiger partial charge in [0.1, 0.15) is 0 Å². The van der Waals surface area contributed by atoms with Crippen LogP contribution in [0.15, 0.2) is 24.3 Å². The van der Waals surface area contributed by atoms with E-state index in [9.17, 15) is 14.7 Å². The zero-order valence-corrected chi connectivity index (χ0v) is 11.6. The van der Waals surface area contributed by atoms with Crippen LogP contribution in [0.5, 0.6) is 0 Å². The number of nitrogens with one attached hydrogen (secondary N) is 2. The molecule has 1 fully saturated rings. The highest BCUT2D eigenvalue weighted by Gasteiger charge is 2.31. The summed E-state index contributed by atoms with van der Waals surface area (Å²) in [4.78, 5) is 23.2. The molecule has 2 atom stereocenters. The Morgan fingerprint density at radius 1 is 1.20 bits per heavy atom. The van der Waals surface area contributed by atoms with Crippen molar-refractivity contribution in [3.8, 4) is 0 Å². The van der Waals surface area contributed by atoms with Gasteiger partial charge in [0, 0.05) is 11.7 Å². The van der Waals surface area contributed by atoms with Crippen molar-refractivity contribution in [1.82, 2.24) is 5.32 Å². The highest BCUT2D eigenvalue weighted by atomic mass is 16.4.